The lowest BCUT2D eigenvalue weighted by atomic mass is 9.96. The molecule has 0 spiro atoms. The van der Waals surface area contributed by atoms with Crippen LogP contribution in [-0.2, 0) is 4.74 Å². The Hall–Kier alpha value is -1.10. The molecule has 0 radical (unpaired) electrons. The molecular weight excluding hydrogens is 264 g/mol. The van der Waals surface area contributed by atoms with Crippen LogP contribution in [0.1, 0.15) is 39.3 Å². The molecule has 2 atom stereocenters. The Bertz CT molecular complexity index is 431. The van der Waals surface area contributed by atoms with E-state index in [0.717, 1.165) is 18.9 Å². The van der Waals surface area contributed by atoms with Crippen LogP contribution in [0.5, 0.6) is 5.75 Å². The summed E-state index contributed by atoms with van der Waals surface area (Å²) < 4.78 is 11.6. The first-order valence-corrected chi connectivity index (χ1v) is 7.87. The first-order chi connectivity index (χ1) is 10.0. The molecule has 2 rings (SSSR count). The first kappa shape index (κ1) is 16.3. The maximum absolute atomic E-state index is 5.91. The smallest absolute Gasteiger partial charge is 0.119 e. The molecule has 1 aliphatic heterocycles. The fourth-order valence-electron chi connectivity index (χ4n) is 2.95. The third-order valence-corrected chi connectivity index (χ3v) is 3.88. The van der Waals surface area contributed by atoms with Gasteiger partial charge in [-0.1, -0.05) is 12.1 Å². The van der Waals surface area contributed by atoms with E-state index in [1.165, 1.54) is 5.56 Å². The highest BCUT2D eigenvalue weighted by Crippen LogP contribution is 2.31. The summed E-state index contributed by atoms with van der Waals surface area (Å²) in [5.41, 5.74) is 7.16. The van der Waals surface area contributed by atoms with E-state index < -0.39 is 0 Å². The third kappa shape index (κ3) is 3.96. The SMILES string of the molecule is CC(C)Oc1ccc(C2C(CN)OCCN2C(C)C)cc1. The van der Waals surface area contributed by atoms with Gasteiger partial charge < -0.3 is 15.2 Å². The van der Waals surface area contributed by atoms with Gasteiger partial charge >= 0.3 is 0 Å². The monoisotopic (exact) mass is 292 g/mol. The standard InChI is InChI=1S/C17H28N2O2/c1-12(2)19-9-10-20-16(11-18)17(19)14-5-7-15(8-6-14)21-13(3)4/h5-8,12-13,16-17H,9-11,18H2,1-4H3. The fourth-order valence-corrected chi connectivity index (χ4v) is 2.95. The van der Waals surface area contributed by atoms with Gasteiger partial charge in [0.2, 0.25) is 0 Å². The maximum atomic E-state index is 5.91. The van der Waals surface area contributed by atoms with E-state index in [1.807, 2.05) is 26.0 Å². The van der Waals surface area contributed by atoms with Gasteiger partial charge in [-0.3, -0.25) is 4.90 Å². The zero-order valence-corrected chi connectivity index (χ0v) is 13.6. The molecule has 118 valence electrons. The number of morpholine rings is 1. The van der Waals surface area contributed by atoms with Crippen molar-refractivity contribution in [3.63, 3.8) is 0 Å². The molecule has 0 amide bonds. The average molecular weight is 292 g/mol. The summed E-state index contributed by atoms with van der Waals surface area (Å²) >= 11 is 0. The van der Waals surface area contributed by atoms with Gasteiger partial charge in [-0.25, -0.2) is 0 Å². The Labute approximate surface area is 128 Å². The normalized spacial score (nSPS) is 23.8. The summed E-state index contributed by atoms with van der Waals surface area (Å²) in [5.74, 6) is 0.908. The van der Waals surface area contributed by atoms with Gasteiger partial charge in [0.05, 0.1) is 24.9 Å². The minimum atomic E-state index is 0.0537. The van der Waals surface area contributed by atoms with Crippen LogP contribution >= 0.6 is 0 Å². The molecule has 1 fully saturated rings. The van der Waals surface area contributed by atoms with Gasteiger partial charge in [-0.05, 0) is 45.4 Å². The van der Waals surface area contributed by atoms with E-state index in [9.17, 15) is 0 Å². The molecule has 0 saturated carbocycles. The number of hydrogen-bond donors (Lipinski definition) is 1. The van der Waals surface area contributed by atoms with Gasteiger partial charge in [0, 0.05) is 19.1 Å². The van der Waals surface area contributed by atoms with Gasteiger partial charge in [-0.15, -0.1) is 0 Å². The van der Waals surface area contributed by atoms with E-state index in [2.05, 4.69) is 30.9 Å². The zero-order chi connectivity index (χ0) is 15.4. The highest BCUT2D eigenvalue weighted by Gasteiger charge is 2.34. The van der Waals surface area contributed by atoms with E-state index >= 15 is 0 Å². The molecule has 2 N–H and O–H groups in total. The molecule has 1 aromatic carbocycles. The van der Waals surface area contributed by atoms with Crippen LogP contribution in [0.15, 0.2) is 24.3 Å². The molecule has 1 saturated heterocycles. The molecule has 0 aliphatic carbocycles. The van der Waals surface area contributed by atoms with Crippen molar-refractivity contribution < 1.29 is 9.47 Å². The van der Waals surface area contributed by atoms with Crippen LogP contribution in [0, 0.1) is 0 Å². The molecule has 0 aromatic heterocycles. The molecule has 2 unspecified atom stereocenters. The lowest BCUT2D eigenvalue weighted by molar-refractivity contribution is -0.0789. The second-order valence-corrected chi connectivity index (χ2v) is 6.16. The molecule has 1 heterocycles. The molecule has 4 nitrogen and oxygen atoms in total. The van der Waals surface area contributed by atoms with Crippen molar-refractivity contribution in [3.05, 3.63) is 29.8 Å². The zero-order valence-electron chi connectivity index (χ0n) is 13.6. The maximum Gasteiger partial charge on any atom is 0.119 e. The number of benzene rings is 1. The van der Waals surface area contributed by atoms with Crippen molar-refractivity contribution in [1.82, 2.24) is 4.90 Å². The summed E-state index contributed by atoms with van der Waals surface area (Å²) in [7, 11) is 0. The lowest BCUT2D eigenvalue weighted by Gasteiger charge is -2.43. The van der Waals surface area contributed by atoms with E-state index in [-0.39, 0.29) is 18.2 Å². The van der Waals surface area contributed by atoms with E-state index in [1.54, 1.807) is 0 Å². The topological polar surface area (TPSA) is 47.7 Å². The largest absolute Gasteiger partial charge is 0.491 e. The lowest BCUT2D eigenvalue weighted by Crippen LogP contribution is -2.50. The third-order valence-electron chi connectivity index (χ3n) is 3.88. The number of ether oxygens (including phenoxy) is 2. The number of hydrogen-bond acceptors (Lipinski definition) is 4. The Balaban J connectivity index is 2.22. The van der Waals surface area contributed by atoms with Gasteiger partial charge in [0.15, 0.2) is 0 Å². The highest BCUT2D eigenvalue weighted by molar-refractivity contribution is 5.30. The van der Waals surface area contributed by atoms with Gasteiger partial charge in [0.1, 0.15) is 5.75 Å². The second kappa shape index (κ2) is 7.25. The Kier molecular flexibility index (Phi) is 5.62. The molecule has 0 bridgehead atoms. The van der Waals surface area contributed by atoms with Gasteiger partial charge in [0.25, 0.3) is 0 Å². The van der Waals surface area contributed by atoms with Crippen LogP contribution < -0.4 is 10.5 Å². The molecular formula is C17H28N2O2. The molecule has 4 heteroatoms. The molecule has 1 aromatic rings. The summed E-state index contributed by atoms with van der Waals surface area (Å²) in [5, 5.41) is 0. The van der Waals surface area contributed by atoms with Crippen molar-refractivity contribution in [2.45, 2.75) is 52.0 Å². The van der Waals surface area contributed by atoms with Crippen molar-refractivity contribution in [2.75, 3.05) is 19.7 Å². The minimum absolute atomic E-state index is 0.0537. The van der Waals surface area contributed by atoms with Crippen molar-refractivity contribution in [3.8, 4) is 5.75 Å². The summed E-state index contributed by atoms with van der Waals surface area (Å²) in [6.45, 7) is 10.8. The van der Waals surface area contributed by atoms with Crippen LogP contribution in [0.25, 0.3) is 0 Å². The van der Waals surface area contributed by atoms with Crippen LogP contribution in [0.3, 0.4) is 0 Å². The van der Waals surface area contributed by atoms with Crippen LogP contribution in [0.2, 0.25) is 0 Å². The Morgan fingerprint density at radius 3 is 2.43 bits per heavy atom. The van der Waals surface area contributed by atoms with Crippen LogP contribution in [-0.4, -0.2) is 42.8 Å². The fraction of sp³-hybridized carbons (Fsp3) is 0.647. The minimum Gasteiger partial charge on any atom is -0.491 e. The summed E-state index contributed by atoms with van der Waals surface area (Å²) in [4.78, 5) is 2.47. The van der Waals surface area contributed by atoms with Crippen molar-refractivity contribution in [2.24, 2.45) is 5.73 Å². The first-order valence-electron chi connectivity index (χ1n) is 7.87. The predicted molar refractivity (Wildman–Crippen MR) is 85.6 cm³/mol. The van der Waals surface area contributed by atoms with Crippen LogP contribution in [0.4, 0.5) is 0 Å². The Morgan fingerprint density at radius 1 is 1.24 bits per heavy atom. The number of rotatable bonds is 5. The average Bonchev–Trinajstić information content (AvgIpc) is 2.46. The Morgan fingerprint density at radius 2 is 1.90 bits per heavy atom. The van der Waals surface area contributed by atoms with Gasteiger partial charge in [-0.2, -0.15) is 0 Å². The number of nitrogens with two attached hydrogens (primary N) is 1. The second-order valence-electron chi connectivity index (χ2n) is 6.16. The van der Waals surface area contributed by atoms with E-state index in [4.69, 9.17) is 15.2 Å². The molecule has 21 heavy (non-hydrogen) atoms. The molecule has 1 aliphatic rings. The van der Waals surface area contributed by atoms with Crippen molar-refractivity contribution in [1.29, 1.82) is 0 Å². The predicted octanol–water partition coefficient (Wildman–Crippen LogP) is 2.58. The summed E-state index contributed by atoms with van der Waals surface area (Å²) in [6, 6.07) is 9.03. The van der Waals surface area contributed by atoms with Crippen molar-refractivity contribution >= 4 is 0 Å². The highest BCUT2D eigenvalue weighted by atomic mass is 16.5. The number of nitrogens with zero attached hydrogens (tertiary/aromatic N) is 1. The quantitative estimate of drug-likeness (QED) is 0.906. The summed E-state index contributed by atoms with van der Waals surface area (Å²) in [6.07, 6.45) is 0.246. The van der Waals surface area contributed by atoms with E-state index in [0.29, 0.717) is 12.6 Å².